The lowest BCUT2D eigenvalue weighted by molar-refractivity contribution is -0.383. The van der Waals surface area contributed by atoms with Crippen molar-refractivity contribution in [1.29, 1.82) is 0 Å². The zero-order chi connectivity index (χ0) is 19.6. The summed E-state index contributed by atoms with van der Waals surface area (Å²) in [5.74, 6) is -1.56. The second kappa shape index (κ2) is 7.46. The molecule has 8 nitrogen and oxygen atoms in total. The van der Waals surface area contributed by atoms with Gasteiger partial charge in [-0.25, -0.2) is 4.79 Å². The number of hydrogen-bond acceptors (Lipinski definition) is 6. The highest BCUT2D eigenvalue weighted by Crippen LogP contribution is 2.28. The Kier molecular flexibility index (Phi) is 5.09. The number of nitro benzene ring substituents is 1. The number of furan rings is 1. The summed E-state index contributed by atoms with van der Waals surface area (Å²) in [5.41, 5.74) is 0.711. The van der Waals surface area contributed by atoms with Gasteiger partial charge in [0.25, 0.3) is 11.6 Å². The van der Waals surface area contributed by atoms with Gasteiger partial charge in [0.2, 0.25) is 5.76 Å². The third-order valence-electron chi connectivity index (χ3n) is 3.79. The number of esters is 1. The third kappa shape index (κ3) is 3.90. The molecular formula is C18H13ClN2O6. The zero-order valence-corrected chi connectivity index (χ0v) is 14.8. The van der Waals surface area contributed by atoms with Crippen molar-refractivity contribution in [2.24, 2.45) is 0 Å². The summed E-state index contributed by atoms with van der Waals surface area (Å²) in [5, 5.41) is 14.3. The first-order chi connectivity index (χ1) is 12.9. The van der Waals surface area contributed by atoms with E-state index in [4.69, 9.17) is 20.8 Å². The SMILES string of the molecule is Cc1c(C(=O)OCC(=O)Nc2cc(Cl)ccc2[N+](=O)[O-])oc2ccccc12. The van der Waals surface area contributed by atoms with Crippen LogP contribution in [0.25, 0.3) is 11.0 Å². The molecule has 0 aliphatic rings. The van der Waals surface area contributed by atoms with Crippen LogP contribution in [0, 0.1) is 17.0 Å². The minimum absolute atomic E-state index is 0.00210. The van der Waals surface area contributed by atoms with Crippen LogP contribution in [0.5, 0.6) is 0 Å². The molecule has 1 amide bonds. The Morgan fingerprint density at radius 2 is 2.00 bits per heavy atom. The standard InChI is InChI=1S/C18H13ClN2O6/c1-10-12-4-2-3-5-15(12)27-17(10)18(23)26-9-16(22)20-13-8-11(19)6-7-14(13)21(24)25/h2-8H,9H2,1H3,(H,20,22). The molecule has 0 unspecified atom stereocenters. The molecule has 0 aliphatic heterocycles. The molecule has 1 N–H and O–H groups in total. The van der Waals surface area contributed by atoms with Crippen molar-refractivity contribution in [2.45, 2.75) is 6.92 Å². The number of fused-ring (bicyclic) bond motifs is 1. The number of nitrogens with zero attached hydrogens (tertiary/aromatic N) is 1. The van der Waals surface area contributed by atoms with E-state index >= 15 is 0 Å². The van der Waals surface area contributed by atoms with Crippen molar-refractivity contribution in [3.63, 3.8) is 0 Å². The molecule has 138 valence electrons. The molecule has 1 heterocycles. The lowest BCUT2D eigenvalue weighted by Gasteiger charge is -2.07. The van der Waals surface area contributed by atoms with E-state index in [0.29, 0.717) is 11.1 Å². The fourth-order valence-electron chi connectivity index (χ4n) is 2.52. The number of halogens is 1. The van der Waals surface area contributed by atoms with Crippen LogP contribution < -0.4 is 5.32 Å². The normalized spacial score (nSPS) is 10.6. The third-order valence-corrected chi connectivity index (χ3v) is 4.03. The smallest absolute Gasteiger partial charge is 0.375 e. The van der Waals surface area contributed by atoms with Gasteiger partial charge in [-0.3, -0.25) is 14.9 Å². The summed E-state index contributed by atoms with van der Waals surface area (Å²) >= 11 is 5.80. The Morgan fingerprint density at radius 3 is 2.70 bits per heavy atom. The van der Waals surface area contributed by atoms with Crippen LogP contribution >= 0.6 is 11.6 Å². The Hall–Kier alpha value is -3.39. The van der Waals surface area contributed by atoms with Crippen LogP contribution in [0.3, 0.4) is 0 Å². The Labute approximate surface area is 157 Å². The number of rotatable bonds is 5. The van der Waals surface area contributed by atoms with Gasteiger partial charge in [-0.2, -0.15) is 0 Å². The lowest BCUT2D eigenvalue weighted by Crippen LogP contribution is -2.21. The van der Waals surface area contributed by atoms with Gasteiger partial charge < -0.3 is 14.5 Å². The molecule has 2 aromatic carbocycles. The summed E-state index contributed by atoms with van der Waals surface area (Å²) < 4.78 is 10.4. The quantitative estimate of drug-likeness (QED) is 0.400. The van der Waals surface area contributed by atoms with Gasteiger partial charge >= 0.3 is 5.97 Å². The van der Waals surface area contributed by atoms with Crippen molar-refractivity contribution in [3.8, 4) is 0 Å². The minimum Gasteiger partial charge on any atom is -0.450 e. The molecule has 0 radical (unpaired) electrons. The van der Waals surface area contributed by atoms with Crippen LogP contribution in [-0.2, 0) is 9.53 Å². The number of aryl methyl sites for hydroxylation is 1. The summed E-state index contributed by atoms with van der Waals surface area (Å²) in [6.07, 6.45) is 0. The summed E-state index contributed by atoms with van der Waals surface area (Å²) in [6, 6.07) is 10.8. The average Bonchev–Trinajstić information content (AvgIpc) is 2.97. The number of anilines is 1. The van der Waals surface area contributed by atoms with Crippen LogP contribution in [0.4, 0.5) is 11.4 Å². The van der Waals surface area contributed by atoms with Crippen molar-refractivity contribution in [3.05, 3.63) is 68.9 Å². The highest BCUT2D eigenvalue weighted by molar-refractivity contribution is 6.31. The number of benzene rings is 2. The molecule has 3 aromatic rings. The molecule has 0 saturated carbocycles. The van der Waals surface area contributed by atoms with Crippen molar-refractivity contribution < 1.29 is 23.7 Å². The van der Waals surface area contributed by atoms with E-state index in [1.807, 2.05) is 6.07 Å². The van der Waals surface area contributed by atoms with E-state index < -0.39 is 23.4 Å². The van der Waals surface area contributed by atoms with Crippen molar-refractivity contribution >= 4 is 45.8 Å². The van der Waals surface area contributed by atoms with Crippen LogP contribution in [0.2, 0.25) is 5.02 Å². The largest absolute Gasteiger partial charge is 0.450 e. The number of amides is 1. The number of carbonyl (C=O) groups excluding carboxylic acids is 2. The van der Waals surface area contributed by atoms with E-state index in [1.54, 1.807) is 25.1 Å². The van der Waals surface area contributed by atoms with Gasteiger partial charge in [-0.15, -0.1) is 0 Å². The fraction of sp³-hybridized carbons (Fsp3) is 0.111. The average molecular weight is 389 g/mol. The first-order valence-corrected chi connectivity index (χ1v) is 8.13. The number of carbonyl (C=O) groups is 2. The first-order valence-electron chi connectivity index (χ1n) is 7.76. The Morgan fingerprint density at radius 1 is 1.26 bits per heavy atom. The molecule has 9 heteroatoms. The van der Waals surface area contributed by atoms with Gasteiger partial charge in [0.15, 0.2) is 6.61 Å². The van der Waals surface area contributed by atoms with Gasteiger partial charge in [0.1, 0.15) is 11.3 Å². The van der Waals surface area contributed by atoms with Gasteiger partial charge in [0.05, 0.1) is 4.92 Å². The van der Waals surface area contributed by atoms with E-state index in [1.165, 1.54) is 18.2 Å². The Bertz CT molecular complexity index is 1060. The number of para-hydroxylation sites is 1. The van der Waals surface area contributed by atoms with Gasteiger partial charge in [-0.1, -0.05) is 29.8 Å². The second-order valence-corrected chi connectivity index (χ2v) is 6.03. The maximum atomic E-state index is 12.2. The fourth-order valence-corrected chi connectivity index (χ4v) is 2.69. The Balaban J connectivity index is 1.69. The number of ether oxygens (including phenoxy) is 1. The van der Waals surface area contributed by atoms with E-state index in [9.17, 15) is 19.7 Å². The molecule has 0 atom stereocenters. The molecular weight excluding hydrogens is 376 g/mol. The summed E-state index contributed by atoms with van der Waals surface area (Å²) in [4.78, 5) is 34.5. The molecule has 0 saturated heterocycles. The molecule has 0 bridgehead atoms. The van der Waals surface area contributed by atoms with Crippen LogP contribution in [0.1, 0.15) is 16.1 Å². The maximum absolute atomic E-state index is 12.2. The highest BCUT2D eigenvalue weighted by atomic mass is 35.5. The molecule has 0 fully saturated rings. The van der Waals surface area contributed by atoms with Crippen LogP contribution in [-0.4, -0.2) is 23.4 Å². The highest BCUT2D eigenvalue weighted by Gasteiger charge is 2.21. The molecule has 0 aliphatic carbocycles. The summed E-state index contributed by atoms with van der Waals surface area (Å²) in [7, 11) is 0. The van der Waals surface area contributed by atoms with E-state index in [2.05, 4.69) is 5.32 Å². The minimum atomic E-state index is -0.806. The molecule has 27 heavy (non-hydrogen) atoms. The monoisotopic (exact) mass is 388 g/mol. The second-order valence-electron chi connectivity index (χ2n) is 5.60. The zero-order valence-electron chi connectivity index (χ0n) is 14.0. The van der Waals surface area contributed by atoms with Crippen molar-refractivity contribution in [1.82, 2.24) is 0 Å². The predicted octanol–water partition coefficient (Wildman–Crippen LogP) is 4.10. The van der Waals surface area contributed by atoms with Gasteiger partial charge in [-0.05, 0) is 25.1 Å². The van der Waals surface area contributed by atoms with Crippen LogP contribution in [0.15, 0.2) is 46.9 Å². The topological polar surface area (TPSA) is 112 Å². The first kappa shape index (κ1) is 18.4. The maximum Gasteiger partial charge on any atom is 0.375 e. The number of nitrogens with one attached hydrogen (secondary N) is 1. The number of hydrogen-bond donors (Lipinski definition) is 1. The lowest BCUT2D eigenvalue weighted by atomic mass is 10.1. The van der Waals surface area contributed by atoms with E-state index in [0.717, 1.165) is 5.39 Å². The van der Waals surface area contributed by atoms with Gasteiger partial charge in [0, 0.05) is 22.0 Å². The summed E-state index contributed by atoms with van der Waals surface area (Å²) in [6.45, 7) is 1.07. The number of nitro groups is 1. The molecule has 0 spiro atoms. The van der Waals surface area contributed by atoms with Crippen molar-refractivity contribution in [2.75, 3.05) is 11.9 Å². The molecule has 1 aromatic heterocycles. The molecule has 3 rings (SSSR count). The predicted molar refractivity (Wildman–Crippen MR) is 98.0 cm³/mol. The van der Waals surface area contributed by atoms with E-state index in [-0.39, 0.29) is 22.2 Å².